The summed E-state index contributed by atoms with van der Waals surface area (Å²) in [5.41, 5.74) is 3.58. The predicted octanol–water partition coefficient (Wildman–Crippen LogP) is 3.84. The molecule has 1 N–H and O–H groups in total. The molecule has 6 heteroatoms. The maximum absolute atomic E-state index is 11.6. The van der Waals surface area contributed by atoms with Crippen LogP contribution < -0.4 is 0 Å². The fourth-order valence-corrected chi connectivity index (χ4v) is 2.79. The Morgan fingerprint density at radius 1 is 1.14 bits per heavy atom. The van der Waals surface area contributed by atoms with Crippen LogP contribution in [0, 0.1) is 6.92 Å². The third-order valence-corrected chi connectivity index (χ3v) is 4.34. The normalized spacial score (nSPS) is 11.8. The number of nitrogens with zero attached hydrogens (tertiary/aromatic N) is 1. The molecule has 1 atom stereocenters. The second-order valence-corrected chi connectivity index (χ2v) is 6.47. The lowest BCUT2D eigenvalue weighted by Gasteiger charge is -2.23. The first-order valence-corrected chi connectivity index (χ1v) is 8.84. The van der Waals surface area contributed by atoms with E-state index in [1.807, 2.05) is 61.5 Å². The SMILES string of the molecule is Cc1ccc(-c2cc(CON(C=O)C(Cc3ccccc3)C(=O)O)co2)cc1. The van der Waals surface area contributed by atoms with Gasteiger partial charge in [0.2, 0.25) is 6.41 Å². The summed E-state index contributed by atoms with van der Waals surface area (Å²) < 4.78 is 5.56. The van der Waals surface area contributed by atoms with Crippen molar-refractivity contribution in [3.63, 3.8) is 0 Å². The monoisotopic (exact) mass is 379 g/mol. The van der Waals surface area contributed by atoms with Crippen LogP contribution in [0.25, 0.3) is 11.3 Å². The molecule has 0 aliphatic heterocycles. The minimum Gasteiger partial charge on any atom is -0.480 e. The molecule has 3 rings (SSSR count). The largest absolute Gasteiger partial charge is 0.480 e. The number of hydroxylamine groups is 2. The molecule has 0 fully saturated rings. The smallest absolute Gasteiger partial charge is 0.329 e. The minimum atomic E-state index is -1.14. The average molecular weight is 379 g/mol. The standard InChI is InChI=1S/C22H21NO5/c1-16-7-9-19(10-8-16)21-12-18(13-27-21)14-28-23(15-24)20(22(25)26)11-17-5-3-2-4-6-17/h2-10,12-13,15,20H,11,14H2,1H3,(H,25,26). The van der Waals surface area contributed by atoms with E-state index in [4.69, 9.17) is 9.25 Å². The molecule has 0 aliphatic rings. The number of carbonyl (C=O) groups excluding carboxylic acids is 1. The highest BCUT2D eigenvalue weighted by Gasteiger charge is 2.26. The number of hydrogen-bond donors (Lipinski definition) is 1. The number of carboxylic acid groups (broad SMARTS) is 1. The molecule has 1 heterocycles. The Morgan fingerprint density at radius 3 is 2.50 bits per heavy atom. The molecule has 2 aromatic carbocycles. The van der Waals surface area contributed by atoms with E-state index < -0.39 is 12.0 Å². The van der Waals surface area contributed by atoms with Gasteiger partial charge in [0.1, 0.15) is 12.4 Å². The Hall–Kier alpha value is -3.38. The summed E-state index contributed by atoms with van der Waals surface area (Å²) in [4.78, 5) is 28.5. The second kappa shape index (κ2) is 9.01. The number of carboxylic acids is 1. The van der Waals surface area contributed by atoms with Crippen molar-refractivity contribution in [2.75, 3.05) is 0 Å². The lowest BCUT2D eigenvalue weighted by molar-refractivity contribution is -0.200. The predicted molar refractivity (Wildman–Crippen MR) is 103 cm³/mol. The van der Waals surface area contributed by atoms with Crippen molar-refractivity contribution in [1.82, 2.24) is 5.06 Å². The van der Waals surface area contributed by atoms with Gasteiger partial charge in [0, 0.05) is 17.5 Å². The van der Waals surface area contributed by atoms with Gasteiger partial charge in [0.05, 0.1) is 6.26 Å². The summed E-state index contributed by atoms with van der Waals surface area (Å²) in [6, 6.07) is 17.7. The van der Waals surface area contributed by atoms with Gasteiger partial charge in [-0.2, -0.15) is 0 Å². The van der Waals surface area contributed by atoms with Gasteiger partial charge < -0.3 is 9.52 Å². The summed E-state index contributed by atoms with van der Waals surface area (Å²) in [7, 11) is 0. The molecule has 1 aromatic heterocycles. The Morgan fingerprint density at radius 2 is 1.86 bits per heavy atom. The van der Waals surface area contributed by atoms with Crippen molar-refractivity contribution in [2.45, 2.75) is 26.0 Å². The van der Waals surface area contributed by atoms with E-state index in [0.717, 1.165) is 21.8 Å². The zero-order valence-corrected chi connectivity index (χ0v) is 15.4. The van der Waals surface area contributed by atoms with Crippen molar-refractivity contribution in [3.05, 3.63) is 83.6 Å². The van der Waals surface area contributed by atoms with Gasteiger partial charge in [-0.1, -0.05) is 60.2 Å². The van der Waals surface area contributed by atoms with Gasteiger partial charge in [-0.3, -0.25) is 9.63 Å². The number of aliphatic carboxylic acids is 1. The molecule has 3 aromatic rings. The number of hydrogen-bond acceptors (Lipinski definition) is 4. The van der Waals surface area contributed by atoms with Gasteiger partial charge in [-0.25, -0.2) is 9.86 Å². The van der Waals surface area contributed by atoms with Crippen molar-refractivity contribution < 1.29 is 24.0 Å². The van der Waals surface area contributed by atoms with Crippen LogP contribution in [0.5, 0.6) is 0 Å². The van der Waals surface area contributed by atoms with E-state index >= 15 is 0 Å². The first-order valence-electron chi connectivity index (χ1n) is 8.84. The van der Waals surface area contributed by atoms with Crippen molar-refractivity contribution in [2.24, 2.45) is 0 Å². The first kappa shape index (κ1) is 19.4. The summed E-state index contributed by atoms with van der Waals surface area (Å²) in [5, 5.41) is 10.4. The van der Waals surface area contributed by atoms with Crippen molar-refractivity contribution in [3.8, 4) is 11.3 Å². The van der Waals surface area contributed by atoms with Crippen molar-refractivity contribution in [1.29, 1.82) is 0 Å². The Labute approximate surface area is 162 Å². The zero-order valence-electron chi connectivity index (χ0n) is 15.4. The molecule has 28 heavy (non-hydrogen) atoms. The minimum absolute atomic E-state index is 0.0205. The molecule has 1 amide bonds. The van der Waals surface area contributed by atoms with E-state index in [9.17, 15) is 14.7 Å². The van der Waals surface area contributed by atoms with E-state index in [1.165, 1.54) is 6.26 Å². The molecule has 0 spiro atoms. The van der Waals surface area contributed by atoms with Crippen LogP contribution in [0.15, 0.2) is 71.3 Å². The molecule has 6 nitrogen and oxygen atoms in total. The topological polar surface area (TPSA) is 80.0 Å². The molecule has 1 unspecified atom stereocenters. The maximum Gasteiger partial charge on any atom is 0.329 e. The molecule has 0 radical (unpaired) electrons. The fraction of sp³-hybridized carbons (Fsp3) is 0.182. The van der Waals surface area contributed by atoms with E-state index in [2.05, 4.69) is 0 Å². The molecule has 0 saturated carbocycles. The van der Waals surface area contributed by atoms with Crippen LogP contribution in [-0.2, 0) is 27.5 Å². The van der Waals surface area contributed by atoms with Gasteiger partial charge in [-0.05, 0) is 18.6 Å². The van der Waals surface area contributed by atoms with Gasteiger partial charge in [-0.15, -0.1) is 0 Å². The second-order valence-electron chi connectivity index (χ2n) is 6.47. The summed E-state index contributed by atoms with van der Waals surface area (Å²) in [5.74, 6) is -0.459. The Bertz CT molecular complexity index is 918. The maximum atomic E-state index is 11.6. The summed E-state index contributed by atoms with van der Waals surface area (Å²) >= 11 is 0. The molecule has 0 bridgehead atoms. The Balaban J connectivity index is 1.66. The number of aryl methyl sites for hydroxylation is 1. The number of benzene rings is 2. The highest BCUT2D eigenvalue weighted by atomic mass is 16.7. The first-order chi connectivity index (χ1) is 13.6. The van der Waals surface area contributed by atoms with Crippen LogP contribution in [-0.4, -0.2) is 28.6 Å². The number of amides is 1. The van der Waals surface area contributed by atoms with Crippen LogP contribution in [0.1, 0.15) is 16.7 Å². The highest BCUT2D eigenvalue weighted by Crippen LogP contribution is 2.23. The third-order valence-electron chi connectivity index (χ3n) is 4.34. The number of furan rings is 1. The van der Waals surface area contributed by atoms with Gasteiger partial charge >= 0.3 is 5.97 Å². The molecular weight excluding hydrogens is 358 g/mol. The summed E-state index contributed by atoms with van der Waals surface area (Å²) in [6.45, 7) is 2.03. The highest BCUT2D eigenvalue weighted by molar-refractivity contribution is 5.76. The van der Waals surface area contributed by atoms with Crippen LogP contribution in [0.3, 0.4) is 0 Å². The van der Waals surface area contributed by atoms with Crippen molar-refractivity contribution >= 4 is 12.4 Å². The van der Waals surface area contributed by atoms with Crippen LogP contribution in [0.4, 0.5) is 0 Å². The molecule has 144 valence electrons. The lowest BCUT2D eigenvalue weighted by Crippen LogP contribution is -2.41. The molecular formula is C22H21NO5. The van der Waals surface area contributed by atoms with E-state index in [-0.39, 0.29) is 13.0 Å². The number of rotatable bonds is 9. The molecule has 0 aliphatic carbocycles. The van der Waals surface area contributed by atoms with Crippen LogP contribution in [0.2, 0.25) is 0 Å². The average Bonchev–Trinajstić information content (AvgIpc) is 3.17. The number of carbonyl (C=O) groups is 2. The van der Waals surface area contributed by atoms with Gasteiger partial charge in [0.15, 0.2) is 6.04 Å². The Kier molecular flexibility index (Phi) is 6.24. The zero-order chi connectivity index (χ0) is 19.9. The fourth-order valence-electron chi connectivity index (χ4n) is 2.79. The lowest BCUT2D eigenvalue weighted by atomic mass is 10.1. The quantitative estimate of drug-likeness (QED) is 0.451. The molecule has 0 saturated heterocycles. The van der Waals surface area contributed by atoms with Crippen LogP contribution >= 0.6 is 0 Å². The van der Waals surface area contributed by atoms with E-state index in [0.29, 0.717) is 17.7 Å². The third kappa shape index (κ3) is 4.86. The van der Waals surface area contributed by atoms with Gasteiger partial charge in [0.25, 0.3) is 0 Å². The summed E-state index contributed by atoms with van der Waals surface area (Å²) in [6.07, 6.45) is 2.07. The van der Waals surface area contributed by atoms with E-state index in [1.54, 1.807) is 6.07 Å².